The van der Waals surface area contributed by atoms with E-state index >= 15 is 0 Å². The van der Waals surface area contributed by atoms with E-state index in [-0.39, 0.29) is 5.97 Å². The molecule has 0 saturated heterocycles. The topological polar surface area (TPSA) is 26.3 Å². The van der Waals surface area contributed by atoms with Crippen LogP contribution in [0.1, 0.15) is 20.8 Å². The first-order valence-corrected chi connectivity index (χ1v) is 4.65. The smallest absolute Gasteiger partial charge is 0.331 e. The van der Waals surface area contributed by atoms with Crippen LogP contribution in [0.15, 0.2) is 22.2 Å². The Labute approximate surface area is 81.4 Å². The van der Waals surface area contributed by atoms with Crippen LogP contribution in [0.25, 0.3) is 0 Å². The van der Waals surface area contributed by atoms with Gasteiger partial charge in [0.15, 0.2) is 0 Å². The second-order valence-corrected chi connectivity index (χ2v) is 2.83. The third-order valence-corrected chi connectivity index (χ3v) is 2.09. The molecule has 0 radical (unpaired) electrons. The van der Waals surface area contributed by atoms with Gasteiger partial charge in [-0.25, -0.2) is 4.79 Å². The first-order chi connectivity index (χ1) is 5.61. The fourth-order valence-corrected chi connectivity index (χ4v) is 0.922. The lowest BCUT2D eigenvalue weighted by molar-refractivity contribution is -0.137. The monoisotopic (exact) mass is 232 g/mol. The molecule has 68 valence electrons. The summed E-state index contributed by atoms with van der Waals surface area (Å²) < 4.78 is 4.75. The van der Waals surface area contributed by atoms with Crippen molar-refractivity contribution in [3.8, 4) is 0 Å². The second kappa shape index (κ2) is 6.00. The van der Waals surface area contributed by atoms with E-state index in [0.29, 0.717) is 6.61 Å². The molecule has 0 atom stereocenters. The largest absolute Gasteiger partial charge is 0.463 e. The summed E-state index contributed by atoms with van der Waals surface area (Å²) in [5, 5.41) is 0. The molecule has 0 spiro atoms. The van der Waals surface area contributed by atoms with E-state index in [0.717, 1.165) is 11.1 Å². The van der Waals surface area contributed by atoms with Gasteiger partial charge in [-0.2, -0.15) is 0 Å². The van der Waals surface area contributed by atoms with Crippen LogP contribution in [0, 0.1) is 0 Å². The van der Waals surface area contributed by atoms with Crippen molar-refractivity contribution in [2.24, 2.45) is 0 Å². The Bertz CT molecular complexity index is 217. The van der Waals surface area contributed by atoms with Gasteiger partial charge in [-0.1, -0.05) is 15.9 Å². The van der Waals surface area contributed by atoms with Crippen LogP contribution in [-0.2, 0) is 9.53 Å². The number of rotatable bonds is 3. The number of esters is 1. The Morgan fingerprint density at radius 1 is 1.42 bits per heavy atom. The van der Waals surface area contributed by atoms with Crippen LogP contribution < -0.4 is 0 Å². The van der Waals surface area contributed by atoms with Gasteiger partial charge in [0, 0.05) is 6.08 Å². The Kier molecular flexibility index (Phi) is 5.72. The lowest BCUT2D eigenvalue weighted by Gasteiger charge is -1.99. The van der Waals surface area contributed by atoms with Gasteiger partial charge >= 0.3 is 5.97 Å². The molecule has 0 aliphatic rings. The minimum atomic E-state index is -0.288. The third kappa shape index (κ3) is 4.34. The SMILES string of the molecule is CCOC(=O)/C=C(C)\C(C)=C\Br. The normalized spacial score (nSPS) is 13.0. The number of hydrogen-bond donors (Lipinski definition) is 0. The molecule has 0 amide bonds. The molecule has 0 aliphatic heterocycles. The Hall–Kier alpha value is -0.570. The van der Waals surface area contributed by atoms with Gasteiger partial charge in [0.25, 0.3) is 0 Å². The quantitative estimate of drug-likeness (QED) is 0.425. The highest BCUT2D eigenvalue weighted by molar-refractivity contribution is 9.11. The van der Waals surface area contributed by atoms with Crippen molar-refractivity contribution in [1.82, 2.24) is 0 Å². The summed E-state index contributed by atoms with van der Waals surface area (Å²) >= 11 is 3.19. The summed E-state index contributed by atoms with van der Waals surface area (Å²) in [5.74, 6) is -0.288. The minimum Gasteiger partial charge on any atom is -0.463 e. The molecule has 12 heavy (non-hydrogen) atoms. The number of ether oxygens (including phenoxy) is 1. The molecule has 0 aromatic carbocycles. The van der Waals surface area contributed by atoms with Gasteiger partial charge in [-0.15, -0.1) is 0 Å². The predicted molar refractivity (Wildman–Crippen MR) is 53.1 cm³/mol. The maximum atomic E-state index is 10.9. The molecule has 0 rings (SSSR count). The summed E-state index contributed by atoms with van der Waals surface area (Å²) in [6, 6.07) is 0. The highest BCUT2D eigenvalue weighted by atomic mass is 79.9. The fourth-order valence-electron chi connectivity index (χ4n) is 0.561. The van der Waals surface area contributed by atoms with Crippen LogP contribution in [0.5, 0.6) is 0 Å². The average Bonchev–Trinajstić information content (AvgIpc) is 2.03. The molecule has 3 heteroatoms. The summed E-state index contributed by atoms with van der Waals surface area (Å²) in [7, 11) is 0. The fraction of sp³-hybridized carbons (Fsp3) is 0.444. The maximum Gasteiger partial charge on any atom is 0.331 e. The van der Waals surface area contributed by atoms with Gasteiger partial charge in [0.2, 0.25) is 0 Å². The first kappa shape index (κ1) is 11.4. The molecule has 0 aliphatic carbocycles. The van der Waals surface area contributed by atoms with E-state index in [1.54, 1.807) is 11.9 Å². The Morgan fingerprint density at radius 2 is 2.00 bits per heavy atom. The Morgan fingerprint density at radius 3 is 2.42 bits per heavy atom. The van der Waals surface area contributed by atoms with Gasteiger partial charge in [-0.05, 0) is 36.9 Å². The molecule has 0 aromatic heterocycles. The number of allylic oxidation sites excluding steroid dienone is 2. The first-order valence-electron chi connectivity index (χ1n) is 3.74. The lowest BCUT2D eigenvalue weighted by atomic mass is 10.1. The number of hydrogen-bond acceptors (Lipinski definition) is 2. The van der Waals surface area contributed by atoms with Crippen LogP contribution in [0.3, 0.4) is 0 Å². The molecule has 2 nitrogen and oxygen atoms in total. The minimum absolute atomic E-state index is 0.288. The van der Waals surface area contributed by atoms with E-state index in [1.807, 2.05) is 13.8 Å². The standard InChI is InChI=1S/C9H13BrO2/c1-4-12-9(11)5-7(2)8(3)6-10/h5-6H,4H2,1-3H3/b7-5-,8-6+. The summed E-state index contributed by atoms with van der Waals surface area (Å²) in [6.07, 6.45) is 1.48. The van der Waals surface area contributed by atoms with Crippen molar-refractivity contribution in [2.45, 2.75) is 20.8 Å². The van der Waals surface area contributed by atoms with Gasteiger partial charge in [0.05, 0.1) is 6.61 Å². The zero-order chi connectivity index (χ0) is 9.56. The van der Waals surface area contributed by atoms with Crippen molar-refractivity contribution in [3.63, 3.8) is 0 Å². The molecule has 0 N–H and O–H groups in total. The van der Waals surface area contributed by atoms with Crippen molar-refractivity contribution in [3.05, 3.63) is 22.2 Å². The Balaban J connectivity index is 4.26. The van der Waals surface area contributed by atoms with Gasteiger partial charge in [0.1, 0.15) is 0 Å². The van der Waals surface area contributed by atoms with Gasteiger partial charge < -0.3 is 4.74 Å². The third-order valence-electron chi connectivity index (χ3n) is 1.41. The zero-order valence-electron chi connectivity index (χ0n) is 7.56. The van der Waals surface area contributed by atoms with E-state index < -0.39 is 0 Å². The van der Waals surface area contributed by atoms with Crippen LogP contribution >= 0.6 is 15.9 Å². The molecular formula is C9H13BrO2. The zero-order valence-corrected chi connectivity index (χ0v) is 9.14. The molecule has 0 unspecified atom stereocenters. The summed E-state index contributed by atoms with van der Waals surface area (Å²) in [6.45, 7) is 5.98. The van der Waals surface area contributed by atoms with Gasteiger partial charge in [-0.3, -0.25) is 0 Å². The number of carbonyl (C=O) groups excluding carboxylic acids is 1. The van der Waals surface area contributed by atoms with Crippen molar-refractivity contribution >= 4 is 21.9 Å². The van der Waals surface area contributed by atoms with Crippen LogP contribution in [0.4, 0.5) is 0 Å². The molecule has 0 saturated carbocycles. The summed E-state index contributed by atoms with van der Waals surface area (Å²) in [5.41, 5.74) is 1.92. The van der Waals surface area contributed by atoms with Crippen molar-refractivity contribution in [1.29, 1.82) is 0 Å². The van der Waals surface area contributed by atoms with Crippen LogP contribution in [-0.4, -0.2) is 12.6 Å². The average molecular weight is 233 g/mol. The molecule has 0 heterocycles. The van der Waals surface area contributed by atoms with E-state index in [2.05, 4.69) is 15.9 Å². The van der Waals surface area contributed by atoms with Crippen LogP contribution in [0.2, 0.25) is 0 Å². The second-order valence-electron chi connectivity index (χ2n) is 2.37. The van der Waals surface area contributed by atoms with E-state index in [4.69, 9.17) is 4.74 Å². The van der Waals surface area contributed by atoms with Crippen molar-refractivity contribution < 1.29 is 9.53 Å². The number of halogens is 1. The number of carbonyl (C=O) groups is 1. The maximum absolute atomic E-state index is 10.9. The molecule has 0 fully saturated rings. The summed E-state index contributed by atoms with van der Waals surface area (Å²) in [4.78, 5) is 12.7. The highest BCUT2D eigenvalue weighted by Gasteiger charge is 1.98. The molecule has 0 bridgehead atoms. The van der Waals surface area contributed by atoms with E-state index in [1.165, 1.54) is 6.08 Å². The highest BCUT2D eigenvalue weighted by Crippen LogP contribution is 2.09. The van der Waals surface area contributed by atoms with E-state index in [9.17, 15) is 4.79 Å². The lowest BCUT2D eigenvalue weighted by Crippen LogP contribution is -2.00. The molecular weight excluding hydrogens is 220 g/mol. The molecule has 0 aromatic rings. The van der Waals surface area contributed by atoms with Crippen molar-refractivity contribution in [2.75, 3.05) is 6.61 Å². The predicted octanol–water partition coefficient (Wildman–Crippen LogP) is 2.79.